The lowest BCUT2D eigenvalue weighted by molar-refractivity contribution is -0.129. The lowest BCUT2D eigenvalue weighted by atomic mass is 10.3. The molecule has 0 unspecified atom stereocenters. The second-order valence-electron chi connectivity index (χ2n) is 4.01. The molecule has 108 valence electrons. The Morgan fingerprint density at radius 3 is 2.58 bits per heavy atom. The van der Waals surface area contributed by atoms with Crippen LogP contribution in [0, 0.1) is 5.82 Å². The normalized spacial score (nSPS) is 9.63. The number of halogens is 2. The van der Waals surface area contributed by atoms with Crippen LogP contribution in [0.5, 0.6) is 5.75 Å². The van der Waals surface area contributed by atoms with E-state index in [-0.39, 0.29) is 24.1 Å². The number of rotatable bonds is 7. The van der Waals surface area contributed by atoms with E-state index in [0.29, 0.717) is 31.9 Å². The molecule has 0 aromatic heterocycles. The molecule has 1 rings (SSSR count). The highest BCUT2D eigenvalue weighted by Crippen LogP contribution is 2.11. The zero-order valence-electron chi connectivity index (χ0n) is 11.0. The Kier molecular flexibility index (Phi) is 8.91. The summed E-state index contributed by atoms with van der Waals surface area (Å²) >= 11 is 0. The molecule has 1 aromatic carbocycles. The van der Waals surface area contributed by atoms with Gasteiger partial charge in [0, 0.05) is 26.6 Å². The Hall–Kier alpha value is -1.33. The first kappa shape index (κ1) is 17.7. The molecule has 0 heterocycles. The molecular weight excluding hydrogens is 271 g/mol. The van der Waals surface area contributed by atoms with Gasteiger partial charge in [0.1, 0.15) is 11.6 Å². The summed E-state index contributed by atoms with van der Waals surface area (Å²) < 4.78 is 18.1. The predicted octanol–water partition coefficient (Wildman–Crippen LogP) is 1.82. The summed E-state index contributed by atoms with van der Waals surface area (Å²) in [6.45, 7) is 1.49. The molecular formula is C13H20ClFN2O2. The summed E-state index contributed by atoms with van der Waals surface area (Å²) in [5.74, 6) is 0.390. The highest BCUT2D eigenvalue weighted by atomic mass is 35.5. The molecule has 0 bridgehead atoms. The Morgan fingerprint density at radius 1 is 1.37 bits per heavy atom. The van der Waals surface area contributed by atoms with Crippen LogP contribution in [0.25, 0.3) is 0 Å². The molecule has 0 atom stereocenters. The van der Waals surface area contributed by atoms with Crippen LogP contribution in [0.15, 0.2) is 24.3 Å². The molecule has 1 amide bonds. The number of ether oxygens (including phenoxy) is 1. The molecule has 1 aromatic rings. The van der Waals surface area contributed by atoms with Gasteiger partial charge in [-0.1, -0.05) is 0 Å². The summed E-state index contributed by atoms with van der Waals surface area (Å²) in [4.78, 5) is 13.0. The van der Waals surface area contributed by atoms with E-state index in [9.17, 15) is 9.18 Å². The first-order valence-corrected chi connectivity index (χ1v) is 5.96. The summed E-state index contributed by atoms with van der Waals surface area (Å²) in [6, 6.07) is 5.87. The first-order valence-electron chi connectivity index (χ1n) is 5.96. The SMILES string of the molecule is CN(CCCOc1ccc(F)cc1)C(=O)CCN.Cl. The van der Waals surface area contributed by atoms with Crippen LogP contribution in [0.4, 0.5) is 4.39 Å². The van der Waals surface area contributed by atoms with Crippen molar-refractivity contribution in [2.45, 2.75) is 12.8 Å². The lowest BCUT2D eigenvalue weighted by Crippen LogP contribution is -2.30. The predicted molar refractivity (Wildman–Crippen MR) is 75.1 cm³/mol. The third-order valence-corrected chi connectivity index (χ3v) is 2.50. The van der Waals surface area contributed by atoms with Crippen molar-refractivity contribution in [3.05, 3.63) is 30.1 Å². The molecule has 0 aliphatic heterocycles. The second kappa shape index (κ2) is 9.58. The smallest absolute Gasteiger partial charge is 0.223 e. The van der Waals surface area contributed by atoms with E-state index >= 15 is 0 Å². The van der Waals surface area contributed by atoms with Crippen LogP contribution >= 0.6 is 12.4 Å². The molecule has 0 aliphatic rings. The molecule has 0 aliphatic carbocycles. The molecule has 0 radical (unpaired) electrons. The van der Waals surface area contributed by atoms with Gasteiger partial charge in [-0.3, -0.25) is 4.79 Å². The van der Waals surface area contributed by atoms with Gasteiger partial charge in [-0.15, -0.1) is 12.4 Å². The number of hydrogen-bond donors (Lipinski definition) is 1. The molecule has 0 saturated heterocycles. The number of amides is 1. The van der Waals surface area contributed by atoms with E-state index < -0.39 is 0 Å². The van der Waals surface area contributed by atoms with Crippen molar-refractivity contribution in [3.63, 3.8) is 0 Å². The summed E-state index contributed by atoms with van der Waals surface area (Å²) in [5, 5.41) is 0. The number of nitrogens with two attached hydrogens (primary N) is 1. The van der Waals surface area contributed by atoms with E-state index in [0.717, 1.165) is 6.42 Å². The number of benzene rings is 1. The van der Waals surface area contributed by atoms with Crippen LogP contribution in [0.1, 0.15) is 12.8 Å². The van der Waals surface area contributed by atoms with E-state index in [4.69, 9.17) is 10.5 Å². The molecule has 6 heteroatoms. The third kappa shape index (κ3) is 6.98. The van der Waals surface area contributed by atoms with Gasteiger partial charge in [0.05, 0.1) is 6.61 Å². The molecule has 2 N–H and O–H groups in total. The fourth-order valence-electron chi connectivity index (χ4n) is 1.46. The Balaban J connectivity index is 0.00000324. The largest absolute Gasteiger partial charge is 0.494 e. The maximum Gasteiger partial charge on any atom is 0.223 e. The number of nitrogens with zero attached hydrogens (tertiary/aromatic N) is 1. The van der Waals surface area contributed by atoms with Gasteiger partial charge in [-0.25, -0.2) is 4.39 Å². The first-order chi connectivity index (χ1) is 8.63. The number of carbonyl (C=O) groups excluding carboxylic acids is 1. The van der Waals surface area contributed by atoms with E-state index in [2.05, 4.69) is 0 Å². The fraction of sp³-hybridized carbons (Fsp3) is 0.462. The highest BCUT2D eigenvalue weighted by molar-refractivity contribution is 5.85. The van der Waals surface area contributed by atoms with Gasteiger partial charge in [-0.05, 0) is 30.7 Å². The topological polar surface area (TPSA) is 55.6 Å². The third-order valence-electron chi connectivity index (χ3n) is 2.50. The standard InChI is InChI=1S/C13H19FN2O2.ClH/c1-16(13(17)7-8-15)9-2-10-18-12-5-3-11(14)4-6-12;/h3-6H,2,7-10,15H2,1H3;1H. The lowest BCUT2D eigenvalue weighted by Gasteiger charge is -2.16. The van der Waals surface area contributed by atoms with Crippen LogP contribution < -0.4 is 10.5 Å². The van der Waals surface area contributed by atoms with Crippen molar-refractivity contribution in [1.29, 1.82) is 0 Å². The van der Waals surface area contributed by atoms with E-state index in [1.807, 2.05) is 0 Å². The average Bonchev–Trinajstić information content (AvgIpc) is 2.36. The van der Waals surface area contributed by atoms with Gasteiger partial charge < -0.3 is 15.4 Å². The maximum atomic E-state index is 12.6. The second-order valence-corrected chi connectivity index (χ2v) is 4.01. The maximum absolute atomic E-state index is 12.6. The molecule has 19 heavy (non-hydrogen) atoms. The molecule has 0 saturated carbocycles. The van der Waals surface area contributed by atoms with Crippen molar-refractivity contribution < 1.29 is 13.9 Å². The van der Waals surface area contributed by atoms with Gasteiger partial charge in [-0.2, -0.15) is 0 Å². The summed E-state index contributed by atoms with van der Waals surface area (Å²) in [5.41, 5.74) is 5.31. The Bertz CT molecular complexity index is 373. The van der Waals surface area contributed by atoms with Gasteiger partial charge in [0.15, 0.2) is 0 Å². The minimum atomic E-state index is -0.283. The fourth-order valence-corrected chi connectivity index (χ4v) is 1.46. The van der Waals surface area contributed by atoms with Crippen molar-refractivity contribution in [1.82, 2.24) is 4.90 Å². The van der Waals surface area contributed by atoms with E-state index in [1.54, 1.807) is 24.1 Å². The van der Waals surface area contributed by atoms with Crippen LogP contribution in [0.2, 0.25) is 0 Å². The minimum absolute atomic E-state index is 0. The van der Waals surface area contributed by atoms with Gasteiger partial charge in [0.25, 0.3) is 0 Å². The Labute approximate surface area is 119 Å². The zero-order valence-corrected chi connectivity index (χ0v) is 11.8. The van der Waals surface area contributed by atoms with E-state index in [1.165, 1.54) is 12.1 Å². The van der Waals surface area contributed by atoms with Crippen molar-refractivity contribution in [2.75, 3.05) is 26.7 Å². The number of hydrogen-bond acceptors (Lipinski definition) is 3. The van der Waals surface area contributed by atoms with Crippen LogP contribution in [-0.4, -0.2) is 37.6 Å². The summed E-state index contributed by atoms with van der Waals surface area (Å²) in [6.07, 6.45) is 1.10. The average molecular weight is 291 g/mol. The van der Waals surface area contributed by atoms with Gasteiger partial charge >= 0.3 is 0 Å². The quantitative estimate of drug-likeness (QED) is 0.780. The summed E-state index contributed by atoms with van der Waals surface area (Å²) in [7, 11) is 1.75. The van der Waals surface area contributed by atoms with Gasteiger partial charge in [0.2, 0.25) is 5.91 Å². The number of carbonyl (C=O) groups is 1. The van der Waals surface area contributed by atoms with Crippen molar-refractivity contribution in [2.24, 2.45) is 5.73 Å². The van der Waals surface area contributed by atoms with Crippen molar-refractivity contribution in [3.8, 4) is 5.75 Å². The highest BCUT2D eigenvalue weighted by Gasteiger charge is 2.06. The molecule has 4 nitrogen and oxygen atoms in total. The molecule has 0 spiro atoms. The monoisotopic (exact) mass is 290 g/mol. The Morgan fingerprint density at radius 2 is 2.00 bits per heavy atom. The van der Waals surface area contributed by atoms with Crippen LogP contribution in [0.3, 0.4) is 0 Å². The molecule has 0 fully saturated rings. The van der Waals surface area contributed by atoms with Crippen molar-refractivity contribution >= 4 is 18.3 Å². The zero-order chi connectivity index (χ0) is 13.4. The minimum Gasteiger partial charge on any atom is -0.494 e. The van der Waals surface area contributed by atoms with Crippen LogP contribution in [-0.2, 0) is 4.79 Å².